The van der Waals surface area contributed by atoms with Crippen LogP contribution in [0.1, 0.15) is 38.4 Å². The van der Waals surface area contributed by atoms with E-state index in [1.807, 2.05) is 46.0 Å². The van der Waals surface area contributed by atoms with Crippen LogP contribution in [0.3, 0.4) is 0 Å². The first-order valence-corrected chi connectivity index (χ1v) is 11.3. The predicted octanol–water partition coefficient (Wildman–Crippen LogP) is 5.65. The lowest BCUT2D eigenvalue weighted by Gasteiger charge is -2.33. The fourth-order valence-corrected chi connectivity index (χ4v) is 4.38. The smallest absolute Gasteiger partial charge is 0.410 e. The zero-order valence-corrected chi connectivity index (χ0v) is 20.2. The molecule has 33 heavy (non-hydrogen) atoms. The molecule has 0 saturated carbocycles. The molecule has 176 valence electrons. The van der Waals surface area contributed by atoms with Gasteiger partial charge in [-0.3, -0.25) is 0 Å². The number of aromatic nitrogens is 1. The Bertz CT molecular complexity index is 1160. The number of ether oxygens (including phenoxy) is 3. The Kier molecular flexibility index (Phi) is 6.15. The third-order valence-electron chi connectivity index (χ3n) is 6.06. The van der Waals surface area contributed by atoms with E-state index in [2.05, 4.69) is 28.5 Å². The highest BCUT2D eigenvalue weighted by atomic mass is 16.6. The fraction of sp³-hybridized carbons (Fsp3) is 0.423. The Labute approximate surface area is 195 Å². The maximum atomic E-state index is 12.5. The van der Waals surface area contributed by atoms with Crippen LogP contribution in [-0.2, 0) is 17.6 Å². The summed E-state index contributed by atoms with van der Waals surface area (Å²) in [6, 6.07) is 12.2. The number of H-pyrrole nitrogens is 1. The molecule has 0 fully saturated rings. The number of nitrogens with zero attached hydrogens (tertiary/aromatic N) is 1. The van der Waals surface area contributed by atoms with Crippen molar-refractivity contribution in [2.45, 2.75) is 51.7 Å². The quantitative estimate of drug-likeness (QED) is 0.524. The van der Waals surface area contributed by atoms with E-state index in [4.69, 9.17) is 14.2 Å². The number of amides is 1. The van der Waals surface area contributed by atoms with Gasteiger partial charge in [-0.25, -0.2) is 4.79 Å². The molecular formula is C26H33N3O4. The fourth-order valence-electron chi connectivity index (χ4n) is 4.38. The normalized spacial score (nSPS) is 15.6. The monoisotopic (exact) mass is 451 g/mol. The van der Waals surface area contributed by atoms with Crippen LogP contribution in [0.25, 0.3) is 10.9 Å². The van der Waals surface area contributed by atoms with Crippen LogP contribution in [0.2, 0.25) is 0 Å². The van der Waals surface area contributed by atoms with Crippen LogP contribution in [0.5, 0.6) is 11.5 Å². The van der Waals surface area contributed by atoms with Gasteiger partial charge in [-0.15, -0.1) is 0 Å². The summed E-state index contributed by atoms with van der Waals surface area (Å²) in [5.74, 6) is 1.38. The van der Waals surface area contributed by atoms with Gasteiger partial charge in [0.25, 0.3) is 0 Å². The van der Waals surface area contributed by atoms with Gasteiger partial charge < -0.3 is 29.4 Å². The van der Waals surface area contributed by atoms with Crippen LogP contribution in [-0.4, -0.2) is 48.9 Å². The molecule has 2 aromatic carbocycles. The van der Waals surface area contributed by atoms with Gasteiger partial charge in [-0.2, -0.15) is 0 Å². The first-order valence-electron chi connectivity index (χ1n) is 11.3. The highest BCUT2D eigenvalue weighted by Crippen LogP contribution is 2.34. The average molecular weight is 452 g/mol. The zero-order chi connectivity index (χ0) is 23.8. The average Bonchev–Trinajstić information content (AvgIpc) is 3.14. The maximum absolute atomic E-state index is 12.5. The molecule has 1 aliphatic rings. The van der Waals surface area contributed by atoms with Crippen LogP contribution in [0, 0.1) is 0 Å². The number of aryl methyl sites for hydroxylation is 1. The molecule has 1 heterocycles. The minimum Gasteiger partial charge on any atom is -0.493 e. The van der Waals surface area contributed by atoms with Crippen molar-refractivity contribution in [1.82, 2.24) is 9.88 Å². The van der Waals surface area contributed by atoms with Crippen molar-refractivity contribution in [1.29, 1.82) is 0 Å². The molecule has 0 radical (unpaired) electrons. The first-order chi connectivity index (χ1) is 15.7. The number of likely N-dealkylation sites (N-methyl/N-ethyl adjacent to an activating group) is 1. The van der Waals surface area contributed by atoms with E-state index in [9.17, 15) is 4.79 Å². The number of carbonyl (C=O) groups is 1. The third-order valence-corrected chi connectivity index (χ3v) is 6.06. The van der Waals surface area contributed by atoms with E-state index < -0.39 is 5.60 Å². The van der Waals surface area contributed by atoms with Gasteiger partial charge >= 0.3 is 6.09 Å². The second-order valence-corrected chi connectivity index (χ2v) is 9.53. The van der Waals surface area contributed by atoms with Gasteiger partial charge in [0.05, 0.1) is 14.2 Å². The van der Waals surface area contributed by atoms with Crippen LogP contribution in [0.15, 0.2) is 36.4 Å². The number of nitrogens with one attached hydrogen (secondary N) is 2. The molecule has 1 unspecified atom stereocenters. The van der Waals surface area contributed by atoms with E-state index in [0.717, 1.165) is 36.2 Å². The van der Waals surface area contributed by atoms with Crippen molar-refractivity contribution in [3.05, 3.63) is 47.7 Å². The molecule has 1 atom stereocenters. The number of methoxy groups -OCH3 is 2. The molecule has 0 spiro atoms. The van der Waals surface area contributed by atoms with Gasteiger partial charge in [-0.1, -0.05) is 6.07 Å². The Morgan fingerprint density at radius 2 is 1.76 bits per heavy atom. The number of anilines is 2. The number of hydrogen-bond donors (Lipinski definition) is 2. The van der Waals surface area contributed by atoms with E-state index in [1.165, 1.54) is 16.6 Å². The van der Waals surface area contributed by atoms with Crippen molar-refractivity contribution < 1.29 is 19.0 Å². The summed E-state index contributed by atoms with van der Waals surface area (Å²) in [6.45, 7) is 5.68. The molecule has 1 aliphatic carbocycles. The molecule has 0 bridgehead atoms. The summed E-state index contributed by atoms with van der Waals surface area (Å²) in [6.07, 6.45) is 2.36. The Morgan fingerprint density at radius 1 is 1.06 bits per heavy atom. The molecule has 1 aromatic heterocycles. The second-order valence-electron chi connectivity index (χ2n) is 9.53. The van der Waals surface area contributed by atoms with Crippen molar-refractivity contribution in [3.63, 3.8) is 0 Å². The minimum absolute atomic E-state index is 0.121. The van der Waals surface area contributed by atoms with Crippen molar-refractivity contribution in [2.24, 2.45) is 0 Å². The summed E-state index contributed by atoms with van der Waals surface area (Å²) < 4.78 is 16.3. The van der Waals surface area contributed by atoms with E-state index in [-0.39, 0.29) is 12.1 Å². The van der Waals surface area contributed by atoms with Crippen LogP contribution in [0.4, 0.5) is 16.2 Å². The molecule has 7 nitrogen and oxygen atoms in total. The number of carbonyl (C=O) groups excluding carboxylic acids is 1. The number of fused-ring (bicyclic) bond motifs is 3. The standard InChI is InChI=1S/C26H33N3O4/c1-26(2,3)33-25(30)29(4)18-9-11-21-20(15-18)19-10-7-16(13-22(19)28-21)27-17-8-12-23(31-5)24(14-17)32-6/h7-8,10,12-14,18,27-28H,9,11,15H2,1-6H3. The molecule has 7 heteroatoms. The second kappa shape index (κ2) is 8.89. The molecule has 4 rings (SSSR count). The third kappa shape index (κ3) is 4.87. The van der Waals surface area contributed by atoms with Crippen molar-refractivity contribution in [3.8, 4) is 11.5 Å². The molecule has 2 N–H and O–H groups in total. The van der Waals surface area contributed by atoms with Crippen molar-refractivity contribution in [2.75, 3.05) is 26.6 Å². The largest absolute Gasteiger partial charge is 0.493 e. The van der Waals surface area contributed by atoms with E-state index >= 15 is 0 Å². The Balaban J connectivity index is 1.53. The lowest BCUT2D eigenvalue weighted by Crippen LogP contribution is -2.43. The summed E-state index contributed by atoms with van der Waals surface area (Å²) in [7, 11) is 5.09. The molecular weight excluding hydrogens is 418 g/mol. The van der Waals surface area contributed by atoms with Gasteiger partial charge in [-0.05, 0) is 69.9 Å². The molecule has 0 aliphatic heterocycles. The minimum atomic E-state index is -0.497. The predicted molar refractivity (Wildman–Crippen MR) is 131 cm³/mol. The summed E-state index contributed by atoms with van der Waals surface area (Å²) in [5.41, 5.74) is 5.03. The number of benzene rings is 2. The first kappa shape index (κ1) is 22.8. The Hall–Kier alpha value is -3.35. The van der Waals surface area contributed by atoms with Gasteiger partial charge in [0.2, 0.25) is 0 Å². The van der Waals surface area contributed by atoms with Crippen LogP contribution >= 0.6 is 0 Å². The van der Waals surface area contributed by atoms with E-state index in [0.29, 0.717) is 11.5 Å². The lowest BCUT2D eigenvalue weighted by atomic mass is 9.91. The zero-order valence-electron chi connectivity index (χ0n) is 20.2. The summed E-state index contributed by atoms with van der Waals surface area (Å²) in [5, 5.41) is 4.64. The van der Waals surface area contributed by atoms with Crippen LogP contribution < -0.4 is 14.8 Å². The van der Waals surface area contributed by atoms with Gasteiger partial charge in [0, 0.05) is 47.1 Å². The molecule has 3 aromatic rings. The maximum Gasteiger partial charge on any atom is 0.410 e. The lowest BCUT2D eigenvalue weighted by molar-refractivity contribution is 0.0210. The number of aromatic amines is 1. The topological polar surface area (TPSA) is 75.8 Å². The number of hydrogen-bond acceptors (Lipinski definition) is 5. The summed E-state index contributed by atoms with van der Waals surface area (Å²) >= 11 is 0. The highest BCUT2D eigenvalue weighted by Gasteiger charge is 2.30. The van der Waals surface area contributed by atoms with Gasteiger partial charge in [0.1, 0.15) is 5.60 Å². The number of rotatable bonds is 5. The molecule has 1 amide bonds. The summed E-state index contributed by atoms with van der Waals surface area (Å²) in [4.78, 5) is 17.9. The van der Waals surface area contributed by atoms with Crippen molar-refractivity contribution >= 4 is 28.4 Å². The Morgan fingerprint density at radius 3 is 2.45 bits per heavy atom. The van der Waals surface area contributed by atoms with E-state index in [1.54, 1.807) is 19.1 Å². The SMILES string of the molecule is COc1ccc(Nc2ccc3c4c([nH]c3c2)CCC(N(C)C(=O)OC(C)(C)C)C4)cc1OC. The molecule has 0 saturated heterocycles. The van der Waals surface area contributed by atoms with Gasteiger partial charge in [0.15, 0.2) is 11.5 Å². The highest BCUT2D eigenvalue weighted by molar-refractivity contribution is 5.88.